The molecule has 0 unspecified atom stereocenters. The minimum absolute atomic E-state index is 0.258. The largest absolute Gasteiger partial charge is 0.493 e. The van der Waals surface area contributed by atoms with E-state index in [1.54, 1.807) is 0 Å². The lowest BCUT2D eigenvalue weighted by atomic mass is 10.1. The molecule has 20 heavy (non-hydrogen) atoms. The summed E-state index contributed by atoms with van der Waals surface area (Å²) >= 11 is 6.17. The van der Waals surface area contributed by atoms with Gasteiger partial charge in [-0.3, -0.25) is 4.98 Å². The van der Waals surface area contributed by atoms with Crippen LogP contribution < -0.4 is 10.1 Å². The van der Waals surface area contributed by atoms with E-state index in [9.17, 15) is 0 Å². The molecule has 0 radical (unpaired) electrons. The number of hydrogen-bond donors (Lipinski definition) is 1. The molecule has 0 aliphatic carbocycles. The lowest BCUT2D eigenvalue weighted by Crippen LogP contribution is -2.18. The van der Waals surface area contributed by atoms with Gasteiger partial charge in [-0.05, 0) is 42.3 Å². The Hall–Kier alpha value is -1.58. The standard InChI is InChI=1S/C16H17ClN2O/c1-11(12-2-5-18-6-3-12)19-10-14-9-15(17)8-13-4-7-20-16(13)14/h2-3,5-6,8-9,11,19H,4,7,10H2,1H3/t11-/m0/s1. The average molecular weight is 289 g/mol. The van der Waals surface area contributed by atoms with Crippen molar-refractivity contribution in [2.75, 3.05) is 6.61 Å². The van der Waals surface area contributed by atoms with Gasteiger partial charge in [-0.1, -0.05) is 11.6 Å². The molecule has 3 nitrogen and oxygen atoms in total. The maximum absolute atomic E-state index is 6.17. The summed E-state index contributed by atoms with van der Waals surface area (Å²) in [5.74, 6) is 1.00. The van der Waals surface area contributed by atoms with E-state index in [4.69, 9.17) is 16.3 Å². The van der Waals surface area contributed by atoms with E-state index in [0.717, 1.165) is 35.9 Å². The lowest BCUT2D eigenvalue weighted by molar-refractivity contribution is 0.351. The van der Waals surface area contributed by atoms with Crippen LogP contribution in [0.2, 0.25) is 5.02 Å². The second-order valence-corrected chi connectivity index (χ2v) is 5.47. The van der Waals surface area contributed by atoms with E-state index in [1.165, 1.54) is 11.1 Å². The molecule has 2 heterocycles. The number of hydrogen-bond acceptors (Lipinski definition) is 3. The minimum Gasteiger partial charge on any atom is -0.493 e. The Bertz CT molecular complexity index is 601. The maximum Gasteiger partial charge on any atom is 0.127 e. The second kappa shape index (κ2) is 5.81. The van der Waals surface area contributed by atoms with Gasteiger partial charge in [-0.25, -0.2) is 0 Å². The molecule has 0 amide bonds. The zero-order valence-electron chi connectivity index (χ0n) is 11.4. The Morgan fingerprint density at radius 3 is 2.95 bits per heavy atom. The minimum atomic E-state index is 0.258. The SMILES string of the molecule is C[C@H](NCc1cc(Cl)cc2c1OCC2)c1ccncc1. The highest BCUT2D eigenvalue weighted by Crippen LogP contribution is 2.33. The Kier molecular flexibility index (Phi) is 3.90. The lowest BCUT2D eigenvalue weighted by Gasteiger charge is -2.16. The summed E-state index contributed by atoms with van der Waals surface area (Å²) in [7, 11) is 0. The van der Waals surface area contributed by atoms with Crippen LogP contribution in [0.15, 0.2) is 36.7 Å². The molecule has 1 aromatic heterocycles. The quantitative estimate of drug-likeness (QED) is 0.935. The highest BCUT2D eigenvalue weighted by molar-refractivity contribution is 6.30. The molecule has 104 valence electrons. The van der Waals surface area contributed by atoms with Gasteiger partial charge in [0.2, 0.25) is 0 Å². The Labute approximate surface area is 123 Å². The fourth-order valence-electron chi connectivity index (χ4n) is 2.51. The van der Waals surface area contributed by atoms with Gasteiger partial charge in [0.15, 0.2) is 0 Å². The van der Waals surface area contributed by atoms with Crippen LogP contribution in [-0.2, 0) is 13.0 Å². The van der Waals surface area contributed by atoms with Crippen molar-refractivity contribution < 1.29 is 4.74 Å². The second-order valence-electron chi connectivity index (χ2n) is 5.03. The summed E-state index contributed by atoms with van der Waals surface area (Å²) in [4.78, 5) is 4.04. The first-order chi connectivity index (χ1) is 9.74. The van der Waals surface area contributed by atoms with Crippen molar-refractivity contribution in [1.82, 2.24) is 10.3 Å². The van der Waals surface area contributed by atoms with Crippen LogP contribution in [0.3, 0.4) is 0 Å². The van der Waals surface area contributed by atoms with Crippen LogP contribution in [0.5, 0.6) is 5.75 Å². The van der Waals surface area contributed by atoms with Gasteiger partial charge in [0.1, 0.15) is 5.75 Å². The number of nitrogens with one attached hydrogen (secondary N) is 1. The van der Waals surface area contributed by atoms with Gasteiger partial charge < -0.3 is 10.1 Å². The first-order valence-electron chi connectivity index (χ1n) is 6.81. The van der Waals surface area contributed by atoms with Crippen molar-refractivity contribution >= 4 is 11.6 Å². The van der Waals surface area contributed by atoms with Crippen molar-refractivity contribution in [3.63, 3.8) is 0 Å². The van der Waals surface area contributed by atoms with Crippen molar-refractivity contribution in [3.05, 3.63) is 58.4 Å². The number of aromatic nitrogens is 1. The molecule has 1 N–H and O–H groups in total. The maximum atomic E-state index is 6.17. The summed E-state index contributed by atoms with van der Waals surface area (Å²) in [6, 6.07) is 8.29. The number of benzene rings is 1. The van der Waals surface area contributed by atoms with Gasteiger partial charge in [0.25, 0.3) is 0 Å². The summed E-state index contributed by atoms with van der Waals surface area (Å²) in [5, 5.41) is 4.29. The van der Waals surface area contributed by atoms with Gasteiger partial charge in [0.05, 0.1) is 6.61 Å². The van der Waals surface area contributed by atoms with Crippen LogP contribution in [0.1, 0.15) is 29.7 Å². The normalized spacial score (nSPS) is 14.7. The first kappa shape index (κ1) is 13.4. The van der Waals surface area contributed by atoms with E-state index in [-0.39, 0.29) is 6.04 Å². The molecule has 0 fully saturated rings. The molecule has 1 aliphatic heterocycles. The van der Waals surface area contributed by atoms with E-state index in [1.807, 2.05) is 36.7 Å². The Morgan fingerprint density at radius 2 is 2.15 bits per heavy atom. The molecular formula is C16H17ClN2O. The van der Waals surface area contributed by atoms with Crippen molar-refractivity contribution in [3.8, 4) is 5.75 Å². The van der Waals surface area contributed by atoms with Crippen LogP contribution in [0.25, 0.3) is 0 Å². The predicted molar refractivity (Wildman–Crippen MR) is 80.1 cm³/mol. The number of pyridine rings is 1. The fourth-order valence-corrected chi connectivity index (χ4v) is 2.77. The molecule has 1 aliphatic rings. The monoisotopic (exact) mass is 288 g/mol. The molecule has 0 saturated heterocycles. The summed E-state index contributed by atoms with van der Waals surface area (Å²) in [6.45, 7) is 3.63. The van der Waals surface area contributed by atoms with E-state index >= 15 is 0 Å². The topological polar surface area (TPSA) is 34.1 Å². The zero-order valence-corrected chi connectivity index (χ0v) is 12.2. The van der Waals surface area contributed by atoms with Crippen LogP contribution in [0.4, 0.5) is 0 Å². The molecule has 1 atom stereocenters. The Morgan fingerprint density at radius 1 is 1.35 bits per heavy atom. The number of nitrogens with zero attached hydrogens (tertiary/aromatic N) is 1. The van der Waals surface area contributed by atoms with Crippen LogP contribution >= 0.6 is 11.6 Å². The number of rotatable bonds is 4. The van der Waals surface area contributed by atoms with E-state index < -0.39 is 0 Å². The molecule has 1 aromatic carbocycles. The Balaban J connectivity index is 1.73. The molecule has 3 rings (SSSR count). The first-order valence-corrected chi connectivity index (χ1v) is 7.19. The third-order valence-corrected chi connectivity index (χ3v) is 3.85. The summed E-state index contributed by atoms with van der Waals surface area (Å²) < 4.78 is 5.71. The molecule has 0 bridgehead atoms. The number of halogens is 1. The molecule has 2 aromatic rings. The van der Waals surface area contributed by atoms with Gasteiger partial charge in [-0.2, -0.15) is 0 Å². The summed E-state index contributed by atoms with van der Waals surface area (Å²) in [6.07, 6.45) is 4.57. The third kappa shape index (κ3) is 2.79. The summed E-state index contributed by atoms with van der Waals surface area (Å²) in [5.41, 5.74) is 3.57. The number of ether oxygens (including phenoxy) is 1. The predicted octanol–water partition coefficient (Wildman–Crippen LogP) is 3.52. The highest BCUT2D eigenvalue weighted by Gasteiger charge is 2.17. The fraction of sp³-hybridized carbons (Fsp3) is 0.312. The average Bonchev–Trinajstić information content (AvgIpc) is 2.93. The van der Waals surface area contributed by atoms with Crippen molar-refractivity contribution in [1.29, 1.82) is 0 Å². The number of fused-ring (bicyclic) bond motifs is 1. The third-order valence-electron chi connectivity index (χ3n) is 3.63. The van der Waals surface area contributed by atoms with E-state index in [2.05, 4.69) is 17.2 Å². The van der Waals surface area contributed by atoms with Crippen molar-refractivity contribution in [2.24, 2.45) is 0 Å². The highest BCUT2D eigenvalue weighted by atomic mass is 35.5. The van der Waals surface area contributed by atoms with Gasteiger partial charge >= 0.3 is 0 Å². The van der Waals surface area contributed by atoms with E-state index in [0.29, 0.717) is 0 Å². The van der Waals surface area contributed by atoms with Gasteiger partial charge in [-0.15, -0.1) is 0 Å². The van der Waals surface area contributed by atoms with Crippen LogP contribution in [0, 0.1) is 0 Å². The van der Waals surface area contributed by atoms with Gasteiger partial charge in [0, 0.05) is 42.0 Å². The molecule has 4 heteroatoms. The zero-order chi connectivity index (χ0) is 13.9. The molecule has 0 saturated carbocycles. The molecular weight excluding hydrogens is 272 g/mol. The smallest absolute Gasteiger partial charge is 0.127 e. The molecule has 0 spiro atoms. The van der Waals surface area contributed by atoms with Crippen molar-refractivity contribution in [2.45, 2.75) is 25.9 Å². The van der Waals surface area contributed by atoms with Crippen LogP contribution in [-0.4, -0.2) is 11.6 Å².